The summed E-state index contributed by atoms with van der Waals surface area (Å²) in [6, 6.07) is 19.3. The van der Waals surface area contributed by atoms with Crippen LogP contribution in [0.3, 0.4) is 0 Å². The zero-order chi connectivity index (χ0) is 13.9. The van der Waals surface area contributed by atoms with Crippen LogP contribution in [-0.2, 0) is 6.54 Å². The molecule has 20 heavy (non-hydrogen) atoms. The molecule has 3 aromatic rings. The second-order valence-corrected chi connectivity index (χ2v) is 5.69. The Balaban J connectivity index is 2.18. The van der Waals surface area contributed by atoms with Crippen LogP contribution in [-0.4, -0.2) is 0 Å². The van der Waals surface area contributed by atoms with Gasteiger partial charge in [-0.05, 0) is 18.1 Å². The molecule has 0 N–H and O–H groups in total. The maximum Gasteiger partial charge on any atom is 0.225 e. The van der Waals surface area contributed by atoms with Gasteiger partial charge in [0.25, 0.3) is 0 Å². The lowest BCUT2D eigenvalue weighted by Gasteiger charge is -2.07. The molecule has 2 aromatic carbocycles. The highest BCUT2D eigenvalue weighted by molar-refractivity contribution is 7.13. The molecule has 100 valence electrons. The van der Waals surface area contributed by atoms with Crippen LogP contribution in [0, 0.1) is 6.92 Å². The molecule has 0 saturated carbocycles. The zero-order valence-corrected chi connectivity index (χ0v) is 12.7. The topological polar surface area (TPSA) is 3.88 Å². The van der Waals surface area contributed by atoms with E-state index < -0.39 is 0 Å². The van der Waals surface area contributed by atoms with Gasteiger partial charge in [-0.1, -0.05) is 65.9 Å². The van der Waals surface area contributed by atoms with Crippen molar-refractivity contribution in [1.82, 2.24) is 0 Å². The first-order valence-corrected chi connectivity index (χ1v) is 7.81. The van der Waals surface area contributed by atoms with Crippen molar-refractivity contribution < 1.29 is 4.57 Å². The molecule has 0 spiro atoms. The van der Waals surface area contributed by atoms with E-state index in [1.54, 1.807) is 0 Å². The Morgan fingerprint density at radius 2 is 1.55 bits per heavy atom. The van der Waals surface area contributed by atoms with Crippen LogP contribution >= 0.6 is 11.3 Å². The summed E-state index contributed by atoms with van der Waals surface area (Å²) < 4.78 is 2.31. The highest BCUT2D eigenvalue weighted by atomic mass is 32.1. The smallest absolute Gasteiger partial charge is 0.193 e. The van der Waals surface area contributed by atoms with E-state index in [0.29, 0.717) is 0 Å². The molecule has 0 saturated heterocycles. The van der Waals surface area contributed by atoms with Gasteiger partial charge >= 0.3 is 0 Å². The summed E-state index contributed by atoms with van der Waals surface area (Å²) >= 11 is 1.83. The number of hydrogen-bond acceptors (Lipinski definition) is 1. The maximum absolute atomic E-state index is 2.31. The highest BCUT2D eigenvalue weighted by Gasteiger charge is 2.18. The average molecular weight is 280 g/mol. The predicted molar refractivity (Wildman–Crippen MR) is 85.8 cm³/mol. The molecule has 0 atom stereocenters. The molecule has 2 heteroatoms. The predicted octanol–water partition coefficient (Wildman–Crippen LogP) is 4.70. The summed E-state index contributed by atoms with van der Waals surface area (Å²) in [5, 5.41) is 0. The molecule has 0 aliphatic heterocycles. The van der Waals surface area contributed by atoms with Crippen molar-refractivity contribution in [3.05, 3.63) is 65.8 Å². The Morgan fingerprint density at radius 3 is 2.20 bits per heavy atom. The standard InChI is InChI=1S/C18H18NS/c1-3-19-13-20-18(14(19)2)17-12-8-7-11-16(17)15-9-5-4-6-10-15/h4-13H,3H2,1-2H3/q+1. The van der Waals surface area contributed by atoms with Crippen molar-refractivity contribution >= 4 is 11.3 Å². The lowest BCUT2D eigenvalue weighted by Crippen LogP contribution is -2.32. The van der Waals surface area contributed by atoms with Crippen molar-refractivity contribution in [1.29, 1.82) is 0 Å². The number of hydrogen-bond donors (Lipinski definition) is 0. The Hall–Kier alpha value is -1.93. The molecular formula is C18H18NS+. The summed E-state index contributed by atoms with van der Waals surface area (Å²) in [5.74, 6) is 0. The number of aromatic nitrogens is 1. The minimum atomic E-state index is 1.02. The number of nitrogens with zero attached hydrogens (tertiary/aromatic N) is 1. The van der Waals surface area contributed by atoms with Gasteiger partial charge in [-0.3, -0.25) is 0 Å². The van der Waals surface area contributed by atoms with E-state index in [1.807, 2.05) is 11.3 Å². The Kier molecular flexibility index (Phi) is 3.66. The fourth-order valence-corrected chi connectivity index (χ4v) is 3.66. The highest BCUT2D eigenvalue weighted by Crippen LogP contribution is 2.35. The van der Waals surface area contributed by atoms with Crippen molar-refractivity contribution in [3.63, 3.8) is 0 Å². The molecule has 0 aliphatic rings. The van der Waals surface area contributed by atoms with Gasteiger partial charge < -0.3 is 0 Å². The molecule has 0 bridgehead atoms. The Bertz CT molecular complexity index is 713. The number of aryl methyl sites for hydroxylation is 1. The second kappa shape index (κ2) is 5.59. The third-order valence-corrected chi connectivity index (χ3v) is 4.77. The van der Waals surface area contributed by atoms with E-state index in [1.165, 1.54) is 27.3 Å². The van der Waals surface area contributed by atoms with Crippen LogP contribution in [0.1, 0.15) is 12.6 Å². The van der Waals surface area contributed by atoms with Gasteiger partial charge in [0.2, 0.25) is 5.51 Å². The average Bonchev–Trinajstić information content (AvgIpc) is 2.89. The molecule has 0 unspecified atom stereocenters. The van der Waals surface area contributed by atoms with Gasteiger partial charge in [0.15, 0.2) is 5.69 Å². The summed E-state index contributed by atoms with van der Waals surface area (Å²) in [6.45, 7) is 5.42. The number of thiazole rings is 1. The van der Waals surface area contributed by atoms with Crippen LogP contribution in [0.4, 0.5) is 0 Å². The Labute approximate surface area is 124 Å². The number of rotatable bonds is 3. The normalized spacial score (nSPS) is 10.7. The van der Waals surface area contributed by atoms with E-state index >= 15 is 0 Å². The lowest BCUT2D eigenvalue weighted by atomic mass is 9.98. The van der Waals surface area contributed by atoms with Crippen molar-refractivity contribution in [2.24, 2.45) is 0 Å². The zero-order valence-electron chi connectivity index (χ0n) is 11.8. The first kappa shape index (κ1) is 13.1. The van der Waals surface area contributed by atoms with Crippen LogP contribution in [0.5, 0.6) is 0 Å². The summed E-state index contributed by atoms with van der Waals surface area (Å²) in [5.41, 5.74) is 7.47. The molecular weight excluding hydrogens is 262 g/mol. The van der Waals surface area contributed by atoms with Gasteiger partial charge in [0.05, 0.1) is 0 Å². The third kappa shape index (κ3) is 2.27. The summed E-state index contributed by atoms with van der Waals surface area (Å²) in [7, 11) is 0. The molecule has 1 aromatic heterocycles. The van der Waals surface area contributed by atoms with E-state index in [2.05, 4.69) is 78.5 Å². The fourth-order valence-electron chi connectivity index (χ4n) is 2.53. The molecule has 0 fully saturated rings. The lowest BCUT2D eigenvalue weighted by molar-refractivity contribution is -0.694. The monoisotopic (exact) mass is 280 g/mol. The van der Waals surface area contributed by atoms with E-state index in [9.17, 15) is 0 Å². The van der Waals surface area contributed by atoms with Crippen LogP contribution < -0.4 is 4.57 Å². The molecule has 1 nitrogen and oxygen atoms in total. The summed E-state index contributed by atoms with van der Waals surface area (Å²) in [4.78, 5) is 1.37. The maximum atomic E-state index is 2.31. The van der Waals surface area contributed by atoms with Crippen LogP contribution in [0.25, 0.3) is 21.6 Å². The van der Waals surface area contributed by atoms with Gasteiger partial charge in [-0.2, -0.15) is 4.57 Å². The number of benzene rings is 2. The van der Waals surface area contributed by atoms with E-state index in [4.69, 9.17) is 0 Å². The van der Waals surface area contributed by atoms with Crippen molar-refractivity contribution in [2.45, 2.75) is 20.4 Å². The fraction of sp³-hybridized carbons (Fsp3) is 0.167. The first-order valence-electron chi connectivity index (χ1n) is 6.93. The quantitative estimate of drug-likeness (QED) is 0.612. The SMILES string of the molecule is CC[n+]1csc(-c2ccccc2-c2ccccc2)c1C. The van der Waals surface area contributed by atoms with Crippen LogP contribution in [0.2, 0.25) is 0 Å². The Morgan fingerprint density at radius 1 is 0.900 bits per heavy atom. The molecule has 3 rings (SSSR count). The van der Waals surface area contributed by atoms with Crippen molar-refractivity contribution in [3.8, 4) is 21.6 Å². The van der Waals surface area contributed by atoms with E-state index in [-0.39, 0.29) is 0 Å². The first-order chi connectivity index (χ1) is 9.81. The minimum absolute atomic E-state index is 1.02. The van der Waals surface area contributed by atoms with Gasteiger partial charge in [0.1, 0.15) is 11.4 Å². The third-order valence-electron chi connectivity index (χ3n) is 3.65. The largest absolute Gasteiger partial charge is 0.225 e. The van der Waals surface area contributed by atoms with Gasteiger partial charge in [0, 0.05) is 12.5 Å². The molecule has 0 radical (unpaired) electrons. The molecule has 1 heterocycles. The van der Waals surface area contributed by atoms with E-state index in [0.717, 1.165) is 6.54 Å². The van der Waals surface area contributed by atoms with Gasteiger partial charge in [-0.15, -0.1) is 0 Å². The molecule has 0 aliphatic carbocycles. The van der Waals surface area contributed by atoms with Crippen molar-refractivity contribution in [2.75, 3.05) is 0 Å². The second-order valence-electron chi connectivity index (χ2n) is 4.84. The van der Waals surface area contributed by atoms with Crippen LogP contribution in [0.15, 0.2) is 60.1 Å². The molecule has 0 amide bonds. The van der Waals surface area contributed by atoms with Gasteiger partial charge in [-0.25, -0.2) is 0 Å². The minimum Gasteiger partial charge on any atom is -0.193 e. The summed E-state index contributed by atoms with van der Waals surface area (Å²) in [6.07, 6.45) is 0.